The standard InChI is InChI=1S/C26H42N7O19P3S/c1-26(2,21(39)24(40)29-7-6-15(34)28-8-9-56-17(37)5-3-4-16(35)36)11-49-55(46,47)52-54(44,45)48-10-14-20(51-53(41,42)43)19(38)25(50-14)33-13-32-18-22(27)30-12-31-23(18)33/h12-14,19-21,25,38-39H,3-11H2,1-2H3,(H,28,34)(H,29,40)(H,35,36)(H,44,45)(H,46,47)(H2,27,30,31)(H2,41,42,43)/p-1. The minimum Gasteiger partial charge on any atom is -0.550 e. The summed E-state index contributed by atoms with van der Waals surface area (Å²) in [6.45, 7) is 0.243. The number of carboxylic acid groups (broad SMARTS) is 1. The molecule has 7 atom stereocenters. The maximum atomic E-state index is 12.7. The number of aliphatic hydroxyl groups is 2. The summed E-state index contributed by atoms with van der Waals surface area (Å²) >= 11 is 0.909. The lowest BCUT2D eigenvalue weighted by Crippen LogP contribution is -2.46. The lowest BCUT2D eigenvalue weighted by atomic mass is 9.87. The van der Waals surface area contributed by atoms with Crippen LogP contribution < -0.4 is 21.5 Å². The zero-order valence-electron chi connectivity index (χ0n) is 29.5. The van der Waals surface area contributed by atoms with Crippen molar-refractivity contribution in [2.45, 2.75) is 70.2 Å². The Balaban J connectivity index is 1.47. The molecule has 7 unspecified atom stereocenters. The van der Waals surface area contributed by atoms with E-state index in [2.05, 4.69) is 34.4 Å². The number of nitrogens with two attached hydrogens (primary N) is 1. The van der Waals surface area contributed by atoms with E-state index < -0.39 is 90.5 Å². The molecule has 3 rings (SSSR count). The third-order valence-corrected chi connectivity index (χ3v) is 11.6. The van der Waals surface area contributed by atoms with Crippen molar-refractivity contribution in [2.75, 3.05) is 37.8 Å². The van der Waals surface area contributed by atoms with E-state index in [1.54, 1.807) is 0 Å². The highest BCUT2D eigenvalue weighted by atomic mass is 32.2. The smallest absolute Gasteiger partial charge is 0.481 e. The molecule has 56 heavy (non-hydrogen) atoms. The summed E-state index contributed by atoms with van der Waals surface area (Å²) in [4.78, 5) is 97.4. The summed E-state index contributed by atoms with van der Waals surface area (Å²) < 4.78 is 61.9. The maximum Gasteiger partial charge on any atom is 0.481 e. The fourth-order valence-corrected chi connectivity index (χ4v) is 8.29. The number of amides is 2. The number of ether oxygens (including phenoxy) is 1. The first-order chi connectivity index (χ1) is 25.9. The van der Waals surface area contributed by atoms with E-state index in [0.29, 0.717) is 0 Å². The Morgan fingerprint density at radius 1 is 1.04 bits per heavy atom. The van der Waals surface area contributed by atoms with Crippen LogP contribution in [0.5, 0.6) is 0 Å². The second kappa shape index (κ2) is 20.1. The quantitative estimate of drug-likeness (QED) is 0.0414. The third kappa shape index (κ3) is 14.8. The normalized spacial score (nSPS) is 21.6. The minimum atomic E-state index is -5.59. The Hall–Kier alpha value is -2.97. The number of anilines is 1. The summed E-state index contributed by atoms with van der Waals surface area (Å²) in [6, 6.07) is 0. The molecular weight excluding hydrogens is 839 g/mol. The van der Waals surface area contributed by atoms with Gasteiger partial charge in [0, 0.05) is 43.1 Å². The number of hydrogen-bond donors (Lipinski definition) is 9. The van der Waals surface area contributed by atoms with Crippen molar-refractivity contribution in [3.05, 3.63) is 12.7 Å². The van der Waals surface area contributed by atoms with Crippen LogP contribution in [0.15, 0.2) is 12.7 Å². The van der Waals surface area contributed by atoms with Gasteiger partial charge in [-0.1, -0.05) is 25.6 Å². The van der Waals surface area contributed by atoms with Gasteiger partial charge < -0.3 is 60.8 Å². The Morgan fingerprint density at radius 3 is 2.38 bits per heavy atom. The molecule has 1 aliphatic heterocycles. The summed E-state index contributed by atoms with van der Waals surface area (Å²) in [6.07, 6.45) is -7.15. The van der Waals surface area contributed by atoms with Crippen molar-refractivity contribution in [2.24, 2.45) is 5.41 Å². The van der Waals surface area contributed by atoms with Gasteiger partial charge in [0.15, 0.2) is 22.8 Å². The molecule has 1 saturated heterocycles. The van der Waals surface area contributed by atoms with Gasteiger partial charge in [0.25, 0.3) is 0 Å². The number of nitrogens with one attached hydrogen (secondary N) is 2. The number of aromatic nitrogens is 4. The van der Waals surface area contributed by atoms with Crippen LogP contribution in [0.25, 0.3) is 11.2 Å². The van der Waals surface area contributed by atoms with E-state index in [1.165, 1.54) is 13.8 Å². The van der Waals surface area contributed by atoms with Crippen molar-refractivity contribution in [1.29, 1.82) is 0 Å². The third-order valence-electron chi connectivity index (χ3n) is 7.53. The zero-order valence-corrected chi connectivity index (χ0v) is 33.0. The molecule has 0 saturated carbocycles. The van der Waals surface area contributed by atoms with Crippen LogP contribution in [0.3, 0.4) is 0 Å². The number of aliphatic hydroxyl groups excluding tert-OH is 2. The summed E-state index contributed by atoms with van der Waals surface area (Å²) in [5.74, 6) is -2.61. The van der Waals surface area contributed by atoms with E-state index in [9.17, 15) is 67.8 Å². The molecule has 1 aliphatic rings. The lowest BCUT2D eigenvalue weighted by molar-refractivity contribution is -0.305. The molecule has 0 aliphatic carbocycles. The van der Waals surface area contributed by atoms with Crippen LogP contribution in [0.2, 0.25) is 0 Å². The number of fused-ring (bicyclic) bond motifs is 1. The molecule has 0 spiro atoms. The molecule has 1 fully saturated rings. The fraction of sp³-hybridized carbons (Fsp3) is 0.654. The van der Waals surface area contributed by atoms with Crippen molar-refractivity contribution in [3.63, 3.8) is 0 Å². The van der Waals surface area contributed by atoms with Gasteiger partial charge in [0.1, 0.15) is 36.3 Å². The predicted molar refractivity (Wildman–Crippen MR) is 186 cm³/mol. The van der Waals surface area contributed by atoms with Crippen LogP contribution >= 0.6 is 35.2 Å². The molecule has 30 heteroatoms. The van der Waals surface area contributed by atoms with Crippen molar-refractivity contribution in [1.82, 2.24) is 30.2 Å². The molecule has 0 radical (unpaired) electrons. The topological polar surface area (TPSA) is 404 Å². The number of thioether (sulfide) groups is 1. The lowest BCUT2D eigenvalue weighted by Gasteiger charge is -2.30. The van der Waals surface area contributed by atoms with Crippen molar-refractivity contribution in [3.8, 4) is 0 Å². The highest BCUT2D eigenvalue weighted by Gasteiger charge is 2.50. The van der Waals surface area contributed by atoms with E-state index in [1.807, 2.05) is 0 Å². The highest BCUT2D eigenvalue weighted by Crippen LogP contribution is 2.61. The number of phosphoric acid groups is 3. The number of rotatable bonds is 23. The average Bonchev–Trinajstić information content (AvgIpc) is 3.64. The number of aliphatic carboxylic acids is 1. The maximum absolute atomic E-state index is 12.7. The van der Waals surface area contributed by atoms with Gasteiger partial charge in [-0.3, -0.25) is 32.5 Å². The number of carbonyl (C=O) groups excluding carboxylic acids is 4. The van der Waals surface area contributed by atoms with E-state index in [-0.39, 0.29) is 66.6 Å². The summed E-state index contributed by atoms with van der Waals surface area (Å²) in [7, 11) is -16.4. The summed E-state index contributed by atoms with van der Waals surface area (Å²) in [5.41, 5.74) is 4.20. The summed E-state index contributed by atoms with van der Waals surface area (Å²) in [5, 5.41) is 36.3. The number of carbonyl (C=O) groups is 4. The monoisotopic (exact) mass is 880 g/mol. The molecule has 2 amide bonds. The average molecular weight is 881 g/mol. The number of carboxylic acids is 1. The Kier molecular flexibility index (Phi) is 17.0. The minimum absolute atomic E-state index is 0.0196. The SMILES string of the molecule is CC(C)(COP(=O)(O)OP(=O)(O)OCC1OC(n2cnc3c(N)ncnc32)C(O)C1OP(=O)(O)O)C(O)C(=O)NCCC(=O)NCCSC(=O)CCCC(=O)[O-]. The molecule has 0 aromatic carbocycles. The van der Waals surface area contributed by atoms with Crippen molar-refractivity contribution < 1.29 is 90.4 Å². The number of imidazole rings is 1. The molecular formula is C26H41N7O19P3S-. The predicted octanol–water partition coefficient (Wildman–Crippen LogP) is -2.42. The van der Waals surface area contributed by atoms with Gasteiger partial charge in [0.2, 0.25) is 11.8 Å². The molecule has 26 nitrogen and oxygen atoms in total. The molecule has 10 N–H and O–H groups in total. The molecule has 2 aromatic rings. The largest absolute Gasteiger partial charge is 0.550 e. The van der Waals surface area contributed by atoms with Crippen LogP contribution in [0, 0.1) is 5.41 Å². The first-order valence-electron chi connectivity index (χ1n) is 16.2. The first kappa shape index (κ1) is 47.4. The van der Waals surface area contributed by atoms with Gasteiger partial charge in [-0.2, -0.15) is 4.31 Å². The van der Waals surface area contributed by atoms with E-state index in [4.69, 9.17) is 19.5 Å². The van der Waals surface area contributed by atoms with Gasteiger partial charge in [-0.05, 0) is 12.8 Å². The van der Waals surface area contributed by atoms with E-state index in [0.717, 1.165) is 29.0 Å². The number of nitrogens with zero attached hydrogens (tertiary/aromatic N) is 4. The molecule has 2 aromatic heterocycles. The fourth-order valence-electron chi connectivity index (χ4n) is 4.74. The number of phosphoric ester groups is 3. The Bertz CT molecular complexity index is 1860. The van der Waals surface area contributed by atoms with Gasteiger partial charge in [-0.15, -0.1) is 0 Å². The second-order valence-corrected chi connectivity index (χ2v) is 17.9. The second-order valence-electron chi connectivity index (χ2n) is 12.5. The van der Waals surface area contributed by atoms with Crippen molar-refractivity contribution >= 4 is 75.1 Å². The van der Waals surface area contributed by atoms with Crippen LogP contribution in [0.4, 0.5) is 5.82 Å². The zero-order chi connectivity index (χ0) is 42.1. The van der Waals surface area contributed by atoms with Gasteiger partial charge >= 0.3 is 23.5 Å². The Labute approximate surface area is 321 Å². The molecule has 316 valence electrons. The number of nitrogen functional groups attached to an aromatic ring is 1. The van der Waals surface area contributed by atoms with Crippen LogP contribution in [-0.2, 0) is 55.5 Å². The molecule has 0 bridgehead atoms. The highest BCUT2D eigenvalue weighted by molar-refractivity contribution is 8.13. The van der Waals surface area contributed by atoms with Crippen LogP contribution in [0.1, 0.15) is 45.8 Å². The van der Waals surface area contributed by atoms with Crippen LogP contribution in [-0.4, -0.2) is 129 Å². The number of hydrogen-bond acceptors (Lipinski definition) is 20. The molecule has 3 heterocycles. The van der Waals surface area contributed by atoms with Gasteiger partial charge in [-0.25, -0.2) is 28.6 Å². The first-order valence-corrected chi connectivity index (χ1v) is 21.7. The Morgan fingerprint density at radius 2 is 1.71 bits per heavy atom. The van der Waals surface area contributed by atoms with E-state index >= 15 is 0 Å². The van der Waals surface area contributed by atoms with Gasteiger partial charge in [0.05, 0.1) is 19.5 Å².